The SMILES string of the molecule is Nc1ccc(Br)c(-c2n[nH]c(-c3cccs3)n2)c1. The molecule has 0 saturated carbocycles. The number of hydrogen-bond donors (Lipinski definition) is 2. The Morgan fingerprint density at radius 2 is 2.17 bits per heavy atom. The number of aromatic nitrogens is 3. The van der Waals surface area contributed by atoms with Crippen molar-refractivity contribution in [3.63, 3.8) is 0 Å². The topological polar surface area (TPSA) is 67.6 Å². The predicted molar refractivity (Wildman–Crippen MR) is 77.2 cm³/mol. The molecular weight excluding hydrogens is 312 g/mol. The lowest BCUT2D eigenvalue weighted by Gasteiger charge is -2.00. The van der Waals surface area contributed by atoms with E-state index in [0.717, 1.165) is 20.7 Å². The van der Waals surface area contributed by atoms with Gasteiger partial charge in [-0.1, -0.05) is 22.0 Å². The van der Waals surface area contributed by atoms with E-state index in [1.54, 1.807) is 11.3 Å². The fourth-order valence-electron chi connectivity index (χ4n) is 1.62. The molecule has 0 fully saturated rings. The Morgan fingerprint density at radius 1 is 1.28 bits per heavy atom. The predicted octanol–water partition coefficient (Wildman–Crippen LogP) is 3.54. The highest BCUT2D eigenvalue weighted by Crippen LogP contribution is 2.29. The van der Waals surface area contributed by atoms with E-state index in [2.05, 4.69) is 31.1 Å². The van der Waals surface area contributed by atoms with Crippen LogP contribution in [-0.2, 0) is 0 Å². The second-order valence-electron chi connectivity index (χ2n) is 3.72. The van der Waals surface area contributed by atoms with Gasteiger partial charge < -0.3 is 5.73 Å². The van der Waals surface area contributed by atoms with Gasteiger partial charge in [-0.25, -0.2) is 4.98 Å². The summed E-state index contributed by atoms with van der Waals surface area (Å²) in [7, 11) is 0. The van der Waals surface area contributed by atoms with Crippen LogP contribution in [0.15, 0.2) is 40.2 Å². The summed E-state index contributed by atoms with van der Waals surface area (Å²) >= 11 is 5.10. The molecule has 0 radical (unpaired) electrons. The molecule has 0 atom stereocenters. The van der Waals surface area contributed by atoms with E-state index in [4.69, 9.17) is 5.73 Å². The maximum absolute atomic E-state index is 5.78. The van der Waals surface area contributed by atoms with E-state index >= 15 is 0 Å². The Kier molecular flexibility index (Phi) is 2.89. The van der Waals surface area contributed by atoms with E-state index in [1.165, 1.54) is 0 Å². The molecule has 3 rings (SSSR count). The van der Waals surface area contributed by atoms with Crippen molar-refractivity contribution in [3.05, 3.63) is 40.2 Å². The maximum atomic E-state index is 5.78. The van der Waals surface area contributed by atoms with Gasteiger partial charge in [0, 0.05) is 15.7 Å². The summed E-state index contributed by atoms with van der Waals surface area (Å²) in [4.78, 5) is 5.55. The van der Waals surface area contributed by atoms with Crippen molar-refractivity contribution < 1.29 is 0 Å². The quantitative estimate of drug-likeness (QED) is 0.709. The number of nitrogens with two attached hydrogens (primary N) is 1. The number of halogens is 1. The number of rotatable bonds is 2. The fraction of sp³-hybridized carbons (Fsp3) is 0. The zero-order chi connectivity index (χ0) is 12.5. The van der Waals surface area contributed by atoms with Gasteiger partial charge >= 0.3 is 0 Å². The third-order valence-corrected chi connectivity index (χ3v) is 4.04. The number of nitrogens with zero attached hydrogens (tertiary/aromatic N) is 2. The highest BCUT2D eigenvalue weighted by atomic mass is 79.9. The number of benzene rings is 1. The van der Waals surface area contributed by atoms with Crippen molar-refractivity contribution >= 4 is 33.0 Å². The van der Waals surface area contributed by atoms with Gasteiger partial charge in [0.2, 0.25) is 0 Å². The Balaban J connectivity index is 2.05. The zero-order valence-corrected chi connectivity index (χ0v) is 11.6. The highest BCUT2D eigenvalue weighted by Gasteiger charge is 2.11. The normalized spacial score (nSPS) is 10.7. The van der Waals surface area contributed by atoms with Gasteiger partial charge in [-0.15, -0.1) is 11.3 Å². The van der Waals surface area contributed by atoms with Crippen LogP contribution in [0.25, 0.3) is 22.1 Å². The van der Waals surface area contributed by atoms with Gasteiger partial charge in [0.25, 0.3) is 0 Å². The van der Waals surface area contributed by atoms with E-state index < -0.39 is 0 Å². The molecule has 0 spiro atoms. The average molecular weight is 321 g/mol. The molecule has 4 nitrogen and oxygen atoms in total. The van der Waals surface area contributed by atoms with Crippen LogP contribution in [-0.4, -0.2) is 15.2 Å². The van der Waals surface area contributed by atoms with Crippen molar-refractivity contribution in [1.82, 2.24) is 15.2 Å². The Labute approximate surface area is 116 Å². The Bertz CT molecular complexity index is 675. The van der Waals surface area contributed by atoms with Crippen LogP contribution < -0.4 is 5.73 Å². The number of aromatic amines is 1. The molecule has 0 unspecified atom stereocenters. The van der Waals surface area contributed by atoms with Crippen LogP contribution in [0, 0.1) is 0 Å². The molecule has 0 aliphatic heterocycles. The van der Waals surface area contributed by atoms with Gasteiger partial charge in [-0.3, -0.25) is 5.10 Å². The minimum absolute atomic E-state index is 0.637. The van der Waals surface area contributed by atoms with Crippen molar-refractivity contribution in [1.29, 1.82) is 0 Å². The number of hydrogen-bond acceptors (Lipinski definition) is 4. The Morgan fingerprint density at radius 3 is 2.94 bits per heavy atom. The lowest BCUT2D eigenvalue weighted by Crippen LogP contribution is -1.88. The lowest BCUT2D eigenvalue weighted by atomic mass is 10.2. The molecule has 0 aliphatic carbocycles. The van der Waals surface area contributed by atoms with E-state index in [-0.39, 0.29) is 0 Å². The van der Waals surface area contributed by atoms with Crippen molar-refractivity contribution in [2.24, 2.45) is 0 Å². The highest BCUT2D eigenvalue weighted by molar-refractivity contribution is 9.10. The summed E-state index contributed by atoms with van der Waals surface area (Å²) in [6, 6.07) is 9.57. The second-order valence-corrected chi connectivity index (χ2v) is 5.53. The second kappa shape index (κ2) is 4.55. The first kappa shape index (κ1) is 11.4. The summed E-state index contributed by atoms with van der Waals surface area (Å²) in [6.45, 7) is 0. The average Bonchev–Trinajstić information content (AvgIpc) is 3.00. The molecule has 0 amide bonds. The minimum Gasteiger partial charge on any atom is -0.399 e. The smallest absolute Gasteiger partial charge is 0.182 e. The zero-order valence-electron chi connectivity index (χ0n) is 9.22. The van der Waals surface area contributed by atoms with Crippen LogP contribution in [0.2, 0.25) is 0 Å². The molecule has 0 aliphatic rings. The van der Waals surface area contributed by atoms with Crippen molar-refractivity contribution in [2.75, 3.05) is 5.73 Å². The molecule has 3 aromatic rings. The third-order valence-electron chi connectivity index (χ3n) is 2.47. The van der Waals surface area contributed by atoms with Crippen LogP contribution >= 0.6 is 27.3 Å². The van der Waals surface area contributed by atoms with Crippen LogP contribution in [0.4, 0.5) is 5.69 Å². The summed E-state index contributed by atoms with van der Waals surface area (Å²) < 4.78 is 0.924. The molecule has 2 heterocycles. The van der Waals surface area contributed by atoms with Gasteiger partial charge in [-0.2, -0.15) is 5.10 Å². The lowest BCUT2D eigenvalue weighted by molar-refractivity contribution is 1.10. The van der Waals surface area contributed by atoms with Gasteiger partial charge in [0.05, 0.1) is 4.88 Å². The molecule has 1 aromatic carbocycles. The molecule has 2 aromatic heterocycles. The van der Waals surface area contributed by atoms with Crippen molar-refractivity contribution in [3.8, 4) is 22.1 Å². The number of nitrogen functional groups attached to an aromatic ring is 1. The minimum atomic E-state index is 0.637. The molecule has 90 valence electrons. The van der Waals surface area contributed by atoms with Gasteiger partial charge in [0.15, 0.2) is 11.6 Å². The number of anilines is 1. The summed E-state index contributed by atoms with van der Waals surface area (Å²) in [5, 5.41) is 9.18. The third kappa shape index (κ3) is 2.04. The summed E-state index contributed by atoms with van der Waals surface area (Å²) in [5.74, 6) is 1.41. The van der Waals surface area contributed by atoms with Gasteiger partial charge in [0.1, 0.15) is 0 Å². The first-order chi connectivity index (χ1) is 8.74. The number of nitrogens with one attached hydrogen (secondary N) is 1. The summed E-state index contributed by atoms with van der Waals surface area (Å²) in [6.07, 6.45) is 0. The summed E-state index contributed by atoms with van der Waals surface area (Å²) in [5.41, 5.74) is 7.36. The van der Waals surface area contributed by atoms with Crippen molar-refractivity contribution in [2.45, 2.75) is 0 Å². The Hall–Kier alpha value is -1.66. The molecule has 6 heteroatoms. The molecule has 3 N–H and O–H groups in total. The van der Waals surface area contributed by atoms with E-state index in [0.29, 0.717) is 11.5 Å². The maximum Gasteiger partial charge on any atom is 0.182 e. The fourth-order valence-corrected chi connectivity index (χ4v) is 2.71. The number of thiophene rings is 1. The van der Waals surface area contributed by atoms with E-state index in [1.807, 2.05) is 35.7 Å². The van der Waals surface area contributed by atoms with Crippen LogP contribution in [0.1, 0.15) is 0 Å². The van der Waals surface area contributed by atoms with Gasteiger partial charge in [-0.05, 0) is 29.6 Å². The largest absolute Gasteiger partial charge is 0.399 e. The first-order valence-corrected chi connectivity index (χ1v) is 6.93. The van der Waals surface area contributed by atoms with Crippen LogP contribution in [0.3, 0.4) is 0 Å². The van der Waals surface area contributed by atoms with Crippen LogP contribution in [0.5, 0.6) is 0 Å². The number of H-pyrrole nitrogens is 1. The molecular formula is C12H9BrN4S. The first-order valence-electron chi connectivity index (χ1n) is 5.26. The molecule has 18 heavy (non-hydrogen) atoms. The monoisotopic (exact) mass is 320 g/mol. The standard InChI is InChI=1S/C12H9BrN4S/c13-9-4-3-7(14)6-8(9)11-15-12(17-16-11)10-2-1-5-18-10/h1-6H,14H2,(H,15,16,17). The molecule has 0 bridgehead atoms. The van der Waals surface area contributed by atoms with E-state index in [9.17, 15) is 0 Å². The molecule has 0 saturated heterocycles.